The molecule has 132 valence electrons. The summed E-state index contributed by atoms with van der Waals surface area (Å²) in [6.07, 6.45) is 1.67. The van der Waals surface area contributed by atoms with Gasteiger partial charge in [-0.2, -0.15) is 0 Å². The van der Waals surface area contributed by atoms with Crippen molar-refractivity contribution in [3.63, 3.8) is 0 Å². The molecule has 3 rings (SSSR count). The zero-order valence-corrected chi connectivity index (χ0v) is 14.9. The van der Waals surface area contributed by atoms with Gasteiger partial charge in [0.15, 0.2) is 5.54 Å². The molecule has 2 aromatic heterocycles. The van der Waals surface area contributed by atoms with Gasteiger partial charge >= 0.3 is 5.97 Å². The number of hydrogen-bond acceptors (Lipinski definition) is 4. The molecule has 0 spiro atoms. The van der Waals surface area contributed by atoms with Crippen LogP contribution in [0.15, 0.2) is 24.4 Å². The highest BCUT2D eigenvalue weighted by molar-refractivity contribution is 5.84. The summed E-state index contributed by atoms with van der Waals surface area (Å²) in [5.74, 6) is -0.944. The van der Waals surface area contributed by atoms with Crippen molar-refractivity contribution < 1.29 is 9.90 Å². The Labute approximate surface area is 146 Å². The number of hydrogen-bond donors (Lipinski definition) is 3. The Morgan fingerprint density at radius 2 is 2.04 bits per heavy atom. The molecular weight excluding hydrogens is 318 g/mol. The number of carboxylic acids is 1. The number of aromatic amines is 1. The summed E-state index contributed by atoms with van der Waals surface area (Å²) in [7, 11) is 0. The fourth-order valence-electron chi connectivity index (χ4n) is 2.83. The standard InChI is InChI=1S/C18H23N5O2/c1-11-5-12(2)15-7-13(20-16(15)6-11)8-19-9-14-10-23(22-21-14)18(3,4)17(24)25/h5-7,10,19-20H,8-9H2,1-4H3,(H,24,25). The van der Waals surface area contributed by atoms with Crippen LogP contribution < -0.4 is 5.32 Å². The van der Waals surface area contributed by atoms with Gasteiger partial charge in [-0.1, -0.05) is 11.3 Å². The van der Waals surface area contributed by atoms with Crippen LogP contribution >= 0.6 is 0 Å². The van der Waals surface area contributed by atoms with Gasteiger partial charge in [-0.05, 0) is 51.0 Å². The van der Waals surface area contributed by atoms with Gasteiger partial charge in [0.05, 0.1) is 11.9 Å². The minimum absolute atomic E-state index is 0.517. The molecule has 0 atom stereocenters. The van der Waals surface area contributed by atoms with Crippen molar-refractivity contribution >= 4 is 16.9 Å². The summed E-state index contributed by atoms with van der Waals surface area (Å²) in [5, 5.41) is 21.7. The van der Waals surface area contributed by atoms with E-state index in [-0.39, 0.29) is 0 Å². The van der Waals surface area contributed by atoms with Gasteiger partial charge in [-0.3, -0.25) is 0 Å². The van der Waals surface area contributed by atoms with Crippen molar-refractivity contribution in [1.29, 1.82) is 0 Å². The van der Waals surface area contributed by atoms with Gasteiger partial charge in [0.1, 0.15) is 0 Å². The van der Waals surface area contributed by atoms with Gasteiger partial charge in [-0.15, -0.1) is 5.10 Å². The first-order valence-corrected chi connectivity index (χ1v) is 8.22. The van der Waals surface area contributed by atoms with E-state index in [2.05, 4.69) is 52.7 Å². The topological polar surface area (TPSA) is 95.8 Å². The largest absolute Gasteiger partial charge is 0.479 e. The average Bonchev–Trinajstić information content (AvgIpc) is 3.14. The number of H-pyrrole nitrogens is 1. The zero-order chi connectivity index (χ0) is 18.2. The van der Waals surface area contributed by atoms with E-state index in [0.717, 1.165) is 11.2 Å². The molecule has 7 heteroatoms. The summed E-state index contributed by atoms with van der Waals surface area (Å²) in [4.78, 5) is 14.7. The second-order valence-corrected chi connectivity index (χ2v) is 6.96. The van der Waals surface area contributed by atoms with E-state index < -0.39 is 11.5 Å². The van der Waals surface area contributed by atoms with Crippen LogP contribution in [0.1, 0.15) is 36.4 Å². The van der Waals surface area contributed by atoms with Crippen LogP contribution in [0.2, 0.25) is 0 Å². The Morgan fingerprint density at radius 3 is 2.76 bits per heavy atom. The molecule has 0 radical (unpaired) electrons. The smallest absolute Gasteiger partial charge is 0.331 e. The lowest BCUT2D eigenvalue weighted by molar-refractivity contribution is -0.146. The van der Waals surface area contributed by atoms with E-state index in [0.29, 0.717) is 18.8 Å². The maximum atomic E-state index is 11.3. The van der Waals surface area contributed by atoms with Crippen molar-refractivity contribution in [2.75, 3.05) is 0 Å². The summed E-state index contributed by atoms with van der Waals surface area (Å²) < 4.78 is 1.38. The summed E-state index contributed by atoms with van der Waals surface area (Å²) in [5.41, 5.74) is 4.33. The van der Waals surface area contributed by atoms with Crippen LogP contribution in [0.3, 0.4) is 0 Å². The van der Waals surface area contributed by atoms with Gasteiger partial charge in [0.25, 0.3) is 0 Å². The minimum atomic E-state index is -1.11. The second-order valence-electron chi connectivity index (χ2n) is 6.96. The lowest BCUT2D eigenvalue weighted by Gasteiger charge is -2.18. The van der Waals surface area contributed by atoms with Gasteiger partial charge in [0, 0.05) is 29.7 Å². The second kappa shape index (κ2) is 6.33. The molecule has 0 unspecified atom stereocenters. The molecule has 25 heavy (non-hydrogen) atoms. The molecule has 1 aromatic carbocycles. The van der Waals surface area contributed by atoms with Crippen LogP contribution in [0.4, 0.5) is 0 Å². The Balaban J connectivity index is 1.65. The van der Waals surface area contributed by atoms with Gasteiger partial charge in [0.2, 0.25) is 0 Å². The van der Waals surface area contributed by atoms with Crippen LogP contribution in [-0.2, 0) is 23.4 Å². The lowest BCUT2D eigenvalue weighted by Crippen LogP contribution is -2.36. The highest BCUT2D eigenvalue weighted by atomic mass is 16.4. The maximum Gasteiger partial charge on any atom is 0.331 e. The predicted octanol–water partition coefficient (Wildman–Crippen LogP) is 2.49. The Bertz CT molecular complexity index is 923. The highest BCUT2D eigenvalue weighted by Crippen LogP contribution is 2.21. The van der Waals surface area contributed by atoms with E-state index in [4.69, 9.17) is 0 Å². The summed E-state index contributed by atoms with van der Waals surface area (Å²) in [6, 6.07) is 6.47. The van der Waals surface area contributed by atoms with Gasteiger partial charge < -0.3 is 15.4 Å². The van der Waals surface area contributed by atoms with E-state index in [1.54, 1.807) is 20.0 Å². The highest BCUT2D eigenvalue weighted by Gasteiger charge is 2.30. The Hall–Kier alpha value is -2.67. The number of aryl methyl sites for hydroxylation is 2. The van der Waals surface area contributed by atoms with E-state index >= 15 is 0 Å². The van der Waals surface area contributed by atoms with Crippen molar-refractivity contribution in [1.82, 2.24) is 25.3 Å². The molecule has 3 aromatic rings. The summed E-state index contributed by atoms with van der Waals surface area (Å²) >= 11 is 0. The Morgan fingerprint density at radius 1 is 1.28 bits per heavy atom. The molecule has 0 fully saturated rings. The van der Waals surface area contributed by atoms with Crippen molar-refractivity contribution in [2.45, 2.75) is 46.3 Å². The van der Waals surface area contributed by atoms with Crippen molar-refractivity contribution in [3.8, 4) is 0 Å². The molecule has 2 heterocycles. The van der Waals surface area contributed by atoms with Gasteiger partial charge in [-0.25, -0.2) is 9.48 Å². The molecule has 0 aliphatic rings. The molecule has 0 aliphatic heterocycles. The zero-order valence-electron chi connectivity index (χ0n) is 14.9. The number of nitrogens with zero attached hydrogens (tertiary/aromatic N) is 3. The molecule has 7 nitrogen and oxygen atoms in total. The molecule has 0 bridgehead atoms. The normalized spacial score (nSPS) is 12.0. The third-order valence-electron chi connectivity index (χ3n) is 4.40. The number of rotatable bonds is 6. The summed E-state index contributed by atoms with van der Waals surface area (Å²) in [6.45, 7) is 8.58. The Kier molecular flexibility index (Phi) is 4.34. The van der Waals surface area contributed by atoms with Crippen LogP contribution in [0, 0.1) is 13.8 Å². The first-order valence-electron chi connectivity index (χ1n) is 8.22. The van der Waals surface area contributed by atoms with Crippen LogP contribution in [0.25, 0.3) is 10.9 Å². The van der Waals surface area contributed by atoms with Crippen LogP contribution in [0.5, 0.6) is 0 Å². The fraction of sp³-hybridized carbons (Fsp3) is 0.389. The van der Waals surface area contributed by atoms with Crippen molar-refractivity contribution in [3.05, 3.63) is 46.9 Å². The lowest BCUT2D eigenvalue weighted by atomic mass is 10.1. The third-order valence-corrected chi connectivity index (χ3v) is 4.40. The molecule has 0 amide bonds. The molecule has 0 saturated heterocycles. The van der Waals surface area contributed by atoms with Crippen LogP contribution in [-0.4, -0.2) is 31.1 Å². The van der Waals surface area contributed by atoms with E-state index in [1.807, 2.05) is 0 Å². The predicted molar refractivity (Wildman–Crippen MR) is 95.3 cm³/mol. The number of carboxylic acid groups (broad SMARTS) is 1. The quantitative estimate of drug-likeness (QED) is 0.640. The number of aromatic nitrogens is 4. The van der Waals surface area contributed by atoms with E-state index in [1.165, 1.54) is 21.2 Å². The first kappa shape index (κ1) is 17.2. The van der Waals surface area contributed by atoms with E-state index in [9.17, 15) is 9.90 Å². The molecule has 0 saturated carbocycles. The number of carbonyl (C=O) groups is 1. The molecular formula is C18H23N5O2. The molecule has 3 N–H and O–H groups in total. The van der Waals surface area contributed by atoms with Crippen molar-refractivity contribution in [2.24, 2.45) is 0 Å². The number of aliphatic carboxylic acids is 1. The number of nitrogens with one attached hydrogen (secondary N) is 2. The number of fused-ring (bicyclic) bond motifs is 1. The third kappa shape index (κ3) is 3.41. The first-order chi connectivity index (χ1) is 11.8. The number of benzene rings is 1. The monoisotopic (exact) mass is 341 g/mol. The minimum Gasteiger partial charge on any atom is -0.479 e. The maximum absolute atomic E-state index is 11.3. The molecule has 0 aliphatic carbocycles. The SMILES string of the molecule is Cc1cc(C)c2cc(CNCc3cn(C(C)(C)C(=O)O)nn3)[nH]c2c1. The average molecular weight is 341 g/mol. The fourth-order valence-corrected chi connectivity index (χ4v) is 2.83.